The Kier molecular flexibility index (Phi) is 7.38. The largest absolute Gasteiger partial charge is 0.463 e. The van der Waals surface area contributed by atoms with Gasteiger partial charge >= 0.3 is 5.97 Å². The number of hydrogen-bond acceptors (Lipinski definition) is 4. The minimum absolute atomic E-state index is 0.0289. The first-order valence-corrected chi connectivity index (χ1v) is 9.82. The SMILES string of the molecule is CCOC(=O)C1=C(C)N(CC(=O)N[C@H](C)CC)C(=O)C[C@H]1c1cccc(C)c1. The van der Waals surface area contributed by atoms with Gasteiger partial charge in [0.25, 0.3) is 0 Å². The number of esters is 1. The van der Waals surface area contributed by atoms with E-state index in [1.165, 1.54) is 4.90 Å². The van der Waals surface area contributed by atoms with Crippen LogP contribution >= 0.6 is 0 Å². The van der Waals surface area contributed by atoms with Gasteiger partial charge in [0.15, 0.2) is 0 Å². The number of nitrogens with one attached hydrogen (secondary N) is 1. The number of carbonyl (C=O) groups excluding carboxylic acids is 3. The van der Waals surface area contributed by atoms with Crippen LogP contribution in [0.15, 0.2) is 35.5 Å². The van der Waals surface area contributed by atoms with E-state index in [0.717, 1.165) is 17.5 Å². The molecule has 1 heterocycles. The molecule has 1 N–H and O–H groups in total. The highest BCUT2D eigenvalue weighted by Crippen LogP contribution is 2.37. The highest BCUT2D eigenvalue weighted by molar-refractivity contribution is 5.97. The summed E-state index contributed by atoms with van der Waals surface area (Å²) in [5.74, 6) is -1.22. The van der Waals surface area contributed by atoms with Crippen molar-refractivity contribution in [3.63, 3.8) is 0 Å². The molecule has 0 saturated heterocycles. The first-order valence-electron chi connectivity index (χ1n) is 9.82. The molecule has 6 heteroatoms. The molecule has 2 atom stereocenters. The number of ether oxygens (including phenoxy) is 1. The Morgan fingerprint density at radius 3 is 2.61 bits per heavy atom. The van der Waals surface area contributed by atoms with Crippen LogP contribution in [0.2, 0.25) is 0 Å². The second-order valence-corrected chi connectivity index (χ2v) is 7.25. The molecule has 0 radical (unpaired) electrons. The standard InChI is InChI=1S/C22H30N2O4/c1-6-15(4)23-19(25)13-24-16(5)21(22(27)28-7-2)18(12-20(24)26)17-10-8-9-14(3)11-17/h8-11,15,18H,6-7,12-13H2,1-5H3,(H,23,25)/t15-,18+/m1/s1. The van der Waals surface area contributed by atoms with Gasteiger partial charge in [-0.1, -0.05) is 36.8 Å². The Hall–Kier alpha value is -2.63. The molecular formula is C22H30N2O4. The van der Waals surface area contributed by atoms with Crippen LogP contribution in [-0.2, 0) is 19.1 Å². The van der Waals surface area contributed by atoms with Crippen LogP contribution in [0, 0.1) is 6.92 Å². The van der Waals surface area contributed by atoms with E-state index in [-0.39, 0.29) is 43.3 Å². The monoisotopic (exact) mass is 386 g/mol. The van der Waals surface area contributed by atoms with Crippen LogP contribution < -0.4 is 5.32 Å². The average molecular weight is 386 g/mol. The number of allylic oxidation sites excluding steroid dienone is 1. The molecule has 28 heavy (non-hydrogen) atoms. The molecule has 1 aliphatic heterocycles. The number of rotatable bonds is 7. The van der Waals surface area contributed by atoms with Crippen LogP contribution in [0.4, 0.5) is 0 Å². The van der Waals surface area contributed by atoms with Crippen molar-refractivity contribution in [2.24, 2.45) is 0 Å². The summed E-state index contributed by atoms with van der Waals surface area (Å²) in [4.78, 5) is 39.3. The van der Waals surface area contributed by atoms with E-state index in [4.69, 9.17) is 4.74 Å². The zero-order chi connectivity index (χ0) is 20.8. The molecule has 152 valence electrons. The fraction of sp³-hybridized carbons (Fsp3) is 0.500. The van der Waals surface area contributed by atoms with Crippen molar-refractivity contribution in [1.29, 1.82) is 0 Å². The van der Waals surface area contributed by atoms with E-state index in [1.54, 1.807) is 13.8 Å². The van der Waals surface area contributed by atoms with Crippen LogP contribution in [-0.4, -0.2) is 41.9 Å². The fourth-order valence-electron chi connectivity index (χ4n) is 3.41. The van der Waals surface area contributed by atoms with Gasteiger partial charge in [0.1, 0.15) is 6.54 Å². The predicted octanol–water partition coefficient (Wildman–Crippen LogP) is 3.06. The highest BCUT2D eigenvalue weighted by Gasteiger charge is 2.37. The van der Waals surface area contributed by atoms with Gasteiger partial charge in [0.2, 0.25) is 11.8 Å². The van der Waals surface area contributed by atoms with E-state index in [1.807, 2.05) is 45.0 Å². The lowest BCUT2D eigenvalue weighted by atomic mass is 9.83. The summed E-state index contributed by atoms with van der Waals surface area (Å²) in [7, 11) is 0. The third-order valence-corrected chi connectivity index (χ3v) is 5.08. The van der Waals surface area contributed by atoms with Gasteiger partial charge in [-0.3, -0.25) is 9.59 Å². The van der Waals surface area contributed by atoms with Crippen molar-refractivity contribution in [3.05, 3.63) is 46.7 Å². The van der Waals surface area contributed by atoms with Crippen molar-refractivity contribution in [2.75, 3.05) is 13.2 Å². The summed E-state index contributed by atoms with van der Waals surface area (Å²) in [5, 5.41) is 2.87. The van der Waals surface area contributed by atoms with Crippen LogP contribution in [0.5, 0.6) is 0 Å². The van der Waals surface area contributed by atoms with Gasteiger partial charge in [0, 0.05) is 24.1 Å². The van der Waals surface area contributed by atoms with Crippen LogP contribution in [0.3, 0.4) is 0 Å². The summed E-state index contributed by atoms with van der Waals surface area (Å²) in [6.45, 7) is 9.48. The second kappa shape index (κ2) is 9.53. The summed E-state index contributed by atoms with van der Waals surface area (Å²) in [6, 6.07) is 7.82. The molecule has 0 bridgehead atoms. The van der Waals surface area contributed by atoms with Crippen molar-refractivity contribution >= 4 is 17.8 Å². The van der Waals surface area contributed by atoms with Gasteiger partial charge < -0.3 is 15.0 Å². The summed E-state index contributed by atoms with van der Waals surface area (Å²) in [5.41, 5.74) is 2.89. The Morgan fingerprint density at radius 1 is 1.29 bits per heavy atom. The lowest BCUT2D eigenvalue weighted by molar-refractivity contribution is -0.141. The third kappa shape index (κ3) is 5.00. The Bertz CT molecular complexity index is 784. The number of carbonyl (C=O) groups is 3. The van der Waals surface area contributed by atoms with Crippen molar-refractivity contribution < 1.29 is 19.1 Å². The summed E-state index contributed by atoms with van der Waals surface area (Å²) in [6.07, 6.45) is 0.934. The zero-order valence-corrected chi connectivity index (χ0v) is 17.4. The Balaban J connectivity index is 2.40. The zero-order valence-electron chi connectivity index (χ0n) is 17.4. The maximum atomic E-state index is 12.8. The third-order valence-electron chi connectivity index (χ3n) is 5.08. The average Bonchev–Trinajstić information content (AvgIpc) is 2.64. The van der Waals surface area contributed by atoms with Crippen LogP contribution in [0.25, 0.3) is 0 Å². The van der Waals surface area contributed by atoms with Gasteiger partial charge in [-0.15, -0.1) is 0 Å². The molecule has 2 rings (SSSR count). The van der Waals surface area contributed by atoms with E-state index in [0.29, 0.717) is 11.3 Å². The van der Waals surface area contributed by atoms with Crippen LogP contribution in [0.1, 0.15) is 57.6 Å². The molecule has 1 aliphatic rings. The fourth-order valence-corrected chi connectivity index (χ4v) is 3.41. The Morgan fingerprint density at radius 2 is 2.00 bits per heavy atom. The molecule has 0 fully saturated rings. The van der Waals surface area contributed by atoms with Gasteiger partial charge in [0.05, 0.1) is 12.2 Å². The smallest absolute Gasteiger partial charge is 0.336 e. The Labute approximate surface area is 166 Å². The topological polar surface area (TPSA) is 75.7 Å². The first kappa shape index (κ1) is 21.7. The quantitative estimate of drug-likeness (QED) is 0.731. The predicted molar refractivity (Wildman–Crippen MR) is 107 cm³/mol. The minimum atomic E-state index is -0.439. The van der Waals surface area contributed by atoms with Gasteiger partial charge in [-0.2, -0.15) is 0 Å². The van der Waals surface area contributed by atoms with Crippen molar-refractivity contribution in [3.8, 4) is 0 Å². The van der Waals surface area contributed by atoms with Gasteiger partial charge in [-0.25, -0.2) is 4.79 Å². The summed E-state index contributed by atoms with van der Waals surface area (Å²) >= 11 is 0. The first-order chi connectivity index (χ1) is 13.3. The lowest BCUT2D eigenvalue weighted by Gasteiger charge is -2.34. The molecule has 6 nitrogen and oxygen atoms in total. The number of benzene rings is 1. The molecule has 0 unspecified atom stereocenters. The second-order valence-electron chi connectivity index (χ2n) is 7.25. The summed E-state index contributed by atoms with van der Waals surface area (Å²) < 4.78 is 5.27. The van der Waals surface area contributed by atoms with E-state index in [9.17, 15) is 14.4 Å². The van der Waals surface area contributed by atoms with Crippen molar-refractivity contribution in [2.45, 2.75) is 59.4 Å². The van der Waals surface area contributed by atoms with E-state index >= 15 is 0 Å². The maximum Gasteiger partial charge on any atom is 0.336 e. The highest BCUT2D eigenvalue weighted by atomic mass is 16.5. The van der Waals surface area contributed by atoms with E-state index in [2.05, 4.69) is 5.32 Å². The number of hydrogen-bond donors (Lipinski definition) is 1. The minimum Gasteiger partial charge on any atom is -0.463 e. The molecular weight excluding hydrogens is 356 g/mol. The molecule has 0 saturated carbocycles. The molecule has 2 amide bonds. The molecule has 1 aromatic rings. The normalized spacial score (nSPS) is 18.1. The lowest BCUT2D eigenvalue weighted by Crippen LogP contribution is -2.45. The molecule has 0 aliphatic carbocycles. The number of amides is 2. The molecule has 0 aromatic heterocycles. The number of nitrogens with zero attached hydrogens (tertiary/aromatic N) is 1. The maximum absolute atomic E-state index is 12.8. The van der Waals surface area contributed by atoms with E-state index < -0.39 is 5.97 Å². The van der Waals surface area contributed by atoms with Crippen molar-refractivity contribution in [1.82, 2.24) is 10.2 Å². The number of aryl methyl sites for hydroxylation is 1. The molecule has 1 aromatic carbocycles. The molecule has 0 spiro atoms. The van der Waals surface area contributed by atoms with Gasteiger partial charge in [-0.05, 0) is 39.7 Å².